The average Bonchev–Trinajstić information content (AvgIpc) is 3.22. The highest BCUT2D eigenvalue weighted by atomic mass is 35.5. The van der Waals surface area contributed by atoms with Crippen molar-refractivity contribution in [1.82, 2.24) is 14.8 Å². The highest BCUT2D eigenvalue weighted by Gasteiger charge is 2.12. The molecule has 0 aliphatic rings. The molecule has 0 unspecified atom stereocenters. The number of H-pyrrole nitrogens is 1. The number of pyridine rings is 1. The van der Waals surface area contributed by atoms with E-state index in [9.17, 15) is 4.79 Å². The molecule has 144 valence electrons. The number of aromatic nitrogens is 3. The van der Waals surface area contributed by atoms with Gasteiger partial charge in [0.2, 0.25) is 0 Å². The van der Waals surface area contributed by atoms with Crippen molar-refractivity contribution in [2.24, 2.45) is 4.99 Å². The predicted molar refractivity (Wildman–Crippen MR) is 114 cm³/mol. The van der Waals surface area contributed by atoms with Crippen molar-refractivity contribution in [2.75, 3.05) is 0 Å². The van der Waals surface area contributed by atoms with Gasteiger partial charge in [-0.2, -0.15) is 10.1 Å². The zero-order valence-corrected chi connectivity index (χ0v) is 16.6. The molecule has 29 heavy (non-hydrogen) atoms. The Bertz CT molecular complexity index is 1220. The van der Waals surface area contributed by atoms with E-state index >= 15 is 0 Å². The summed E-state index contributed by atoms with van der Waals surface area (Å²) in [6.07, 6.45) is 1.91. The van der Waals surface area contributed by atoms with Crippen LogP contribution in [0.1, 0.15) is 21.6 Å². The normalized spacial score (nSPS) is 11.6. The third-order valence-corrected chi connectivity index (χ3v) is 4.89. The summed E-state index contributed by atoms with van der Waals surface area (Å²) in [5.74, 6) is -0.389. The van der Waals surface area contributed by atoms with Crippen LogP contribution in [-0.4, -0.2) is 20.7 Å². The molecule has 6 heteroatoms. The number of halogens is 1. The largest absolute Gasteiger partial charge is 0.328 e. The van der Waals surface area contributed by atoms with Gasteiger partial charge in [0.05, 0.1) is 10.7 Å². The third kappa shape index (κ3) is 4.36. The molecule has 0 aliphatic carbocycles. The van der Waals surface area contributed by atoms with Crippen molar-refractivity contribution in [1.29, 1.82) is 0 Å². The van der Waals surface area contributed by atoms with Gasteiger partial charge in [-0.25, -0.2) is 0 Å². The highest BCUT2D eigenvalue weighted by molar-refractivity contribution is 6.33. The number of hydrogen-bond acceptors (Lipinski definition) is 2. The van der Waals surface area contributed by atoms with Crippen LogP contribution in [0.15, 0.2) is 84.0 Å². The molecule has 4 rings (SSSR count). The maximum Gasteiger partial charge on any atom is 0.296 e. The van der Waals surface area contributed by atoms with Crippen LogP contribution < -0.4 is 5.49 Å². The molecule has 0 saturated carbocycles. The van der Waals surface area contributed by atoms with E-state index < -0.39 is 0 Å². The fourth-order valence-electron chi connectivity index (χ4n) is 3.00. The van der Waals surface area contributed by atoms with E-state index in [1.165, 1.54) is 5.56 Å². The number of hydrogen-bond donors (Lipinski definition) is 1. The van der Waals surface area contributed by atoms with Gasteiger partial charge >= 0.3 is 0 Å². The second kappa shape index (κ2) is 8.29. The minimum absolute atomic E-state index is 0.311. The number of benzene rings is 2. The lowest BCUT2D eigenvalue weighted by molar-refractivity contribution is 0.0992. The Kier molecular flexibility index (Phi) is 5.40. The van der Waals surface area contributed by atoms with E-state index in [0.717, 1.165) is 11.1 Å². The molecule has 0 radical (unpaired) electrons. The maximum atomic E-state index is 12.7. The summed E-state index contributed by atoms with van der Waals surface area (Å²) in [6, 6.07) is 22.9. The standard InChI is InChI=1S/C23H19ClN4O/c1-16-9-11-17(12-10-16)15-28-13-5-4-8-22(28)25-23(29)21-14-20(26-27-21)18-6-2-3-7-19(18)24/h2-14H,15H2,1H3,(H,26,27). The van der Waals surface area contributed by atoms with Crippen LogP contribution in [0, 0.1) is 6.92 Å². The van der Waals surface area contributed by atoms with Gasteiger partial charge in [-0.15, -0.1) is 0 Å². The lowest BCUT2D eigenvalue weighted by atomic mass is 10.1. The zero-order valence-electron chi connectivity index (χ0n) is 15.8. The lowest BCUT2D eigenvalue weighted by Gasteiger charge is -2.07. The molecule has 1 N–H and O–H groups in total. The van der Waals surface area contributed by atoms with E-state index in [1.807, 2.05) is 47.2 Å². The van der Waals surface area contributed by atoms with E-state index in [4.69, 9.17) is 11.6 Å². The van der Waals surface area contributed by atoms with Gasteiger partial charge in [0.25, 0.3) is 5.91 Å². The lowest BCUT2D eigenvalue weighted by Crippen LogP contribution is -2.22. The highest BCUT2D eigenvalue weighted by Crippen LogP contribution is 2.26. The summed E-state index contributed by atoms with van der Waals surface area (Å²) in [4.78, 5) is 17.0. The monoisotopic (exact) mass is 402 g/mol. The summed E-state index contributed by atoms with van der Waals surface area (Å²) < 4.78 is 1.94. The Labute approximate surface area is 173 Å². The van der Waals surface area contributed by atoms with Crippen LogP contribution in [0.25, 0.3) is 11.3 Å². The minimum Gasteiger partial charge on any atom is -0.328 e. The van der Waals surface area contributed by atoms with E-state index in [0.29, 0.717) is 28.4 Å². The fourth-order valence-corrected chi connectivity index (χ4v) is 3.23. The van der Waals surface area contributed by atoms with Crippen LogP contribution in [-0.2, 0) is 6.54 Å². The molecule has 0 fully saturated rings. The second-order valence-electron chi connectivity index (χ2n) is 6.74. The van der Waals surface area contributed by atoms with E-state index in [-0.39, 0.29) is 5.91 Å². The van der Waals surface area contributed by atoms with Gasteiger partial charge in [0, 0.05) is 18.3 Å². The summed E-state index contributed by atoms with van der Waals surface area (Å²) in [6.45, 7) is 2.68. The second-order valence-corrected chi connectivity index (χ2v) is 7.14. The topological polar surface area (TPSA) is 63.0 Å². The van der Waals surface area contributed by atoms with Crippen LogP contribution >= 0.6 is 11.6 Å². The molecule has 2 aromatic carbocycles. The Morgan fingerprint density at radius 1 is 1.07 bits per heavy atom. The van der Waals surface area contributed by atoms with Crippen molar-refractivity contribution in [3.05, 3.63) is 106 Å². The maximum absolute atomic E-state index is 12.7. The number of carbonyl (C=O) groups is 1. The quantitative estimate of drug-likeness (QED) is 0.541. The molecule has 2 heterocycles. The Morgan fingerprint density at radius 2 is 1.83 bits per heavy atom. The first-order valence-corrected chi connectivity index (χ1v) is 9.58. The van der Waals surface area contributed by atoms with Crippen LogP contribution in [0.2, 0.25) is 5.02 Å². The number of aromatic amines is 1. The number of carbonyl (C=O) groups excluding carboxylic acids is 1. The van der Waals surface area contributed by atoms with Gasteiger partial charge < -0.3 is 4.57 Å². The summed E-state index contributed by atoms with van der Waals surface area (Å²) >= 11 is 6.22. The fraction of sp³-hybridized carbons (Fsp3) is 0.0870. The molecule has 0 bridgehead atoms. The Morgan fingerprint density at radius 3 is 2.62 bits per heavy atom. The minimum atomic E-state index is -0.389. The first-order chi connectivity index (χ1) is 14.1. The van der Waals surface area contributed by atoms with Crippen LogP contribution in [0.5, 0.6) is 0 Å². The summed E-state index contributed by atoms with van der Waals surface area (Å²) in [5.41, 5.74) is 4.60. The van der Waals surface area contributed by atoms with Gasteiger partial charge in [0.1, 0.15) is 11.2 Å². The number of amides is 1. The van der Waals surface area contributed by atoms with Crippen molar-refractivity contribution in [3.63, 3.8) is 0 Å². The predicted octanol–water partition coefficient (Wildman–Crippen LogP) is 4.63. The number of aryl methyl sites for hydroxylation is 1. The smallest absolute Gasteiger partial charge is 0.296 e. The molecule has 5 nitrogen and oxygen atoms in total. The first kappa shape index (κ1) is 18.9. The van der Waals surface area contributed by atoms with Gasteiger partial charge in [-0.3, -0.25) is 9.89 Å². The zero-order chi connectivity index (χ0) is 20.2. The molecule has 4 aromatic rings. The first-order valence-electron chi connectivity index (χ1n) is 9.20. The molecule has 0 aliphatic heterocycles. The van der Waals surface area contributed by atoms with Gasteiger partial charge in [-0.1, -0.05) is 65.7 Å². The molecule has 2 aromatic heterocycles. The molecular formula is C23H19ClN4O. The van der Waals surface area contributed by atoms with E-state index in [1.54, 1.807) is 12.1 Å². The van der Waals surface area contributed by atoms with Gasteiger partial charge in [0.15, 0.2) is 0 Å². The summed E-state index contributed by atoms with van der Waals surface area (Å²) in [7, 11) is 0. The number of rotatable bonds is 4. The summed E-state index contributed by atoms with van der Waals surface area (Å²) in [5, 5.41) is 7.55. The average molecular weight is 403 g/mol. The molecule has 0 saturated heterocycles. The van der Waals surface area contributed by atoms with Crippen molar-refractivity contribution >= 4 is 17.5 Å². The number of nitrogens with one attached hydrogen (secondary N) is 1. The molecule has 1 amide bonds. The molecule has 0 atom stereocenters. The van der Waals surface area contributed by atoms with Crippen LogP contribution in [0.3, 0.4) is 0 Å². The van der Waals surface area contributed by atoms with Crippen molar-refractivity contribution < 1.29 is 4.79 Å². The SMILES string of the molecule is Cc1ccc(Cn2ccccc2=NC(=O)c2cc(-c3ccccc3Cl)n[nH]2)cc1. The van der Waals surface area contributed by atoms with Gasteiger partial charge in [-0.05, 0) is 36.8 Å². The van der Waals surface area contributed by atoms with Crippen LogP contribution in [0.4, 0.5) is 0 Å². The van der Waals surface area contributed by atoms with Crippen molar-refractivity contribution in [3.8, 4) is 11.3 Å². The Balaban J connectivity index is 1.63. The number of nitrogens with zero attached hydrogens (tertiary/aromatic N) is 3. The third-order valence-electron chi connectivity index (χ3n) is 4.56. The molecule has 0 spiro atoms. The molecular weight excluding hydrogens is 384 g/mol. The van der Waals surface area contributed by atoms with E-state index in [2.05, 4.69) is 46.4 Å². The van der Waals surface area contributed by atoms with Crippen molar-refractivity contribution in [2.45, 2.75) is 13.5 Å². The Hall–Kier alpha value is -3.44.